The van der Waals surface area contributed by atoms with Crippen LogP contribution in [0.1, 0.15) is 20.7 Å². The van der Waals surface area contributed by atoms with Crippen LogP contribution in [-0.2, 0) is 0 Å². The quantitative estimate of drug-likeness (QED) is 0.513. The topological polar surface area (TPSA) is 94.2 Å². The van der Waals surface area contributed by atoms with Crippen LogP contribution in [0.3, 0.4) is 0 Å². The summed E-state index contributed by atoms with van der Waals surface area (Å²) in [7, 11) is 0. The van der Waals surface area contributed by atoms with Gasteiger partial charge < -0.3 is 5.11 Å². The van der Waals surface area contributed by atoms with Crippen molar-refractivity contribution in [2.24, 2.45) is 0 Å². The molecule has 2 aromatic heterocycles. The number of fused-ring (bicyclic) bond motifs is 1. The van der Waals surface area contributed by atoms with Crippen LogP contribution in [0.15, 0.2) is 59.5 Å². The molecule has 0 atom stereocenters. The highest BCUT2D eigenvalue weighted by Crippen LogP contribution is 2.27. The van der Waals surface area contributed by atoms with Crippen LogP contribution in [0.4, 0.5) is 4.39 Å². The Bertz CT molecular complexity index is 1390. The zero-order valence-corrected chi connectivity index (χ0v) is 16.4. The van der Waals surface area contributed by atoms with Crippen LogP contribution in [0.5, 0.6) is 0 Å². The Morgan fingerprint density at radius 3 is 2.37 bits per heavy atom. The summed E-state index contributed by atoms with van der Waals surface area (Å²) in [6.07, 6.45) is 1.37. The molecule has 30 heavy (non-hydrogen) atoms. The third kappa shape index (κ3) is 3.06. The van der Waals surface area contributed by atoms with Gasteiger partial charge in [0.1, 0.15) is 5.82 Å². The zero-order chi connectivity index (χ0) is 21.6. The van der Waals surface area contributed by atoms with Crippen LogP contribution in [0, 0.1) is 5.82 Å². The van der Waals surface area contributed by atoms with E-state index in [-0.39, 0.29) is 38.0 Å². The van der Waals surface area contributed by atoms with Crippen molar-refractivity contribution < 1.29 is 19.1 Å². The minimum atomic E-state index is -1.32. The molecular weight excluding hydrogens is 436 g/mol. The third-order valence-corrected chi connectivity index (χ3v) is 5.05. The van der Waals surface area contributed by atoms with Gasteiger partial charge in [0.25, 0.3) is 5.91 Å². The number of aromatic carboxylic acids is 1. The highest BCUT2D eigenvalue weighted by Gasteiger charge is 2.25. The summed E-state index contributed by atoms with van der Waals surface area (Å²) in [5.74, 6) is -3.10. The molecule has 0 spiro atoms. The van der Waals surface area contributed by atoms with E-state index in [9.17, 15) is 18.8 Å². The van der Waals surface area contributed by atoms with E-state index in [0.717, 1.165) is 27.3 Å². The second-order valence-electron chi connectivity index (χ2n) is 6.17. The average Bonchev–Trinajstić information content (AvgIpc) is 2.99. The van der Waals surface area contributed by atoms with Crippen molar-refractivity contribution in [3.05, 3.63) is 92.2 Å². The van der Waals surface area contributed by atoms with Crippen molar-refractivity contribution in [2.75, 3.05) is 0 Å². The summed E-state index contributed by atoms with van der Waals surface area (Å²) in [4.78, 5) is 41.5. The van der Waals surface area contributed by atoms with E-state index in [2.05, 4.69) is 4.98 Å². The lowest BCUT2D eigenvalue weighted by molar-refractivity contribution is 0.0696. The number of carbonyl (C=O) groups excluding carboxylic acids is 1. The molecule has 0 fully saturated rings. The lowest BCUT2D eigenvalue weighted by Gasteiger charge is -2.07. The Morgan fingerprint density at radius 1 is 1.03 bits per heavy atom. The van der Waals surface area contributed by atoms with Crippen molar-refractivity contribution in [1.29, 1.82) is 0 Å². The summed E-state index contributed by atoms with van der Waals surface area (Å²) >= 11 is 12.2. The van der Waals surface area contributed by atoms with Crippen LogP contribution in [-0.4, -0.2) is 31.1 Å². The molecule has 0 unspecified atom stereocenters. The van der Waals surface area contributed by atoms with Crippen molar-refractivity contribution >= 4 is 46.2 Å². The standard InChI is InChI=1S/C20H10Cl2FN3O4/c21-11-3-1-4-12(22)16(11)18(27)26-15-5-2-8-24-17(15)25(20(26)30)14-7-6-10(19(28)29)9-13(14)23/h1-9H,(H,28,29). The number of rotatable bonds is 3. The van der Waals surface area contributed by atoms with Crippen LogP contribution >= 0.6 is 23.2 Å². The van der Waals surface area contributed by atoms with Gasteiger partial charge in [-0.25, -0.2) is 28.1 Å². The van der Waals surface area contributed by atoms with Gasteiger partial charge in [0, 0.05) is 6.20 Å². The molecule has 10 heteroatoms. The van der Waals surface area contributed by atoms with Crippen molar-refractivity contribution in [3.8, 4) is 5.69 Å². The maximum atomic E-state index is 14.7. The number of hydrogen-bond donors (Lipinski definition) is 1. The second kappa shape index (κ2) is 7.40. The molecule has 150 valence electrons. The van der Waals surface area contributed by atoms with Gasteiger partial charge >= 0.3 is 11.7 Å². The average molecular weight is 446 g/mol. The van der Waals surface area contributed by atoms with Gasteiger partial charge in [-0.05, 0) is 42.5 Å². The first kappa shape index (κ1) is 19.8. The normalized spacial score (nSPS) is 11.0. The minimum Gasteiger partial charge on any atom is -0.478 e. The number of nitrogens with zero attached hydrogens (tertiary/aromatic N) is 3. The lowest BCUT2D eigenvalue weighted by atomic mass is 10.2. The molecule has 0 amide bonds. The summed E-state index contributed by atoms with van der Waals surface area (Å²) in [6, 6.07) is 10.5. The molecule has 0 aliphatic rings. The second-order valence-corrected chi connectivity index (χ2v) is 6.99. The molecule has 0 saturated carbocycles. The Labute approximate surface area is 177 Å². The molecule has 1 N–H and O–H groups in total. The number of pyridine rings is 1. The number of hydrogen-bond acceptors (Lipinski definition) is 4. The monoisotopic (exact) mass is 445 g/mol. The molecule has 2 heterocycles. The molecule has 0 radical (unpaired) electrons. The Hall–Kier alpha value is -3.49. The first-order chi connectivity index (χ1) is 14.3. The first-order valence-corrected chi connectivity index (χ1v) is 9.17. The summed E-state index contributed by atoms with van der Waals surface area (Å²) in [5.41, 5.74) is -1.45. The number of carbonyl (C=O) groups is 2. The van der Waals surface area contributed by atoms with E-state index in [0.29, 0.717) is 0 Å². The van der Waals surface area contributed by atoms with E-state index in [1.54, 1.807) is 6.07 Å². The Morgan fingerprint density at radius 2 is 1.73 bits per heavy atom. The summed E-state index contributed by atoms with van der Waals surface area (Å²) in [6.45, 7) is 0. The van der Waals surface area contributed by atoms with Crippen LogP contribution in [0.2, 0.25) is 10.0 Å². The number of carboxylic acids is 1. The Kier molecular flexibility index (Phi) is 4.89. The summed E-state index contributed by atoms with van der Waals surface area (Å²) in [5, 5.41) is 9.12. The number of benzene rings is 2. The molecule has 7 nitrogen and oxygen atoms in total. The van der Waals surface area contributed by atoms with Gasteiger partial charge in [0.05, 0.1) is 32.4 Å². The fourth-order valence-electron chi connectivity index (χ4n) is 3.08. The lowest BCUT2D eigenvalue weighted by Crippen LogP contribution is -2.29. The van der Waals surface area contributed by atoms with E-state index in [1.165, 1.54) is 30.5 Å². The van der Waals surface area contributed by atoms with Gasteiger partial charge in [-0.2, -0.15) is 0 Å². The maximum Gasteiger partial charge on any atom is 0.342 e. The largest absolute Gasteiger partial charge is 0.478 e. The van der Waals surface area contributed by atoms with E-state index >= 15 is 0 Å². The van der Waals surface area contributed by atoms with Crippen molar-refractivity contribution in [1.82, 2.24) is 14.1 Å². The van der Waals surface area contributed by atoms with Crippen molar-refractivity contribution in [2.45, 2.75) is 0 Å². The Balaban J connectivity index is 2.02. The predicted molar refractivity (Wildman–Crippen MR) is 108 cm³/mol. The zero-order valence-electron chi connectivity index (χ0n) is 14.8. The molecule has 0 saturated heterocycles. The third-order valence-electron chi connectivity index (χ3n) is 4.42. The predicted octanol–water partition coefficient (Wildman–Crippen LogP) is 4.02. The van der Waals surface area contributed by atoms with Crippen LogP contribution in [0.25, 0.3) is 16.9 Å². The number of halogens is 3. The molecule has 0 bridgehead atoms. The van der Waals surface area contributed by atoms with Gasteiger partial charge in [-0.1, -0.05) is 29.3 Å². The highest BCUT2D eigenvalue weighted by atomic mass is 35.5. The molecule has 4 rings (SSSR count). The highest BCUT2D eigenvalue weighted by molar-refractivity contribution is 6.39. The maximum absolute atomic E-state index is 14.7. The fourth-order valence-corrected chi connectivity index (χ4v) is 3.64. The SMILES string of the molecule is O=C(O)c1ccc(-n2c(=O)n(C(=O)c3c(Cl)cccc3Cl)c3cccnc32)c(F)c1. The fraction of sp³-hybridized carbons (Fsp3) is 0. The van der Waals surface area contributed by atoms with E-state index < -0.39 is 23.4 Å². The molecule has 2 aromatic carbocycles. The summed E-state index contributed by atoms with van der Waals surface area (Å²) < 4.78 is 16.4. The smallest absolute Gasteiger partial charge is 0.342 e. The van der Waals surface area contributed by atoms with Crippen LogP contribution < -0.4 is 5.69 Å². The van der Waals surface area contributed by atoms with Gasteiger partial charge in [-0.3, -0.25) is 4.79 Å². The molecular formula is C20H10Cl2FN3O4. The molecule has 4 aromatic rings. The van der Waals surface area contributed by atoms with Gasteiger partial charge in [-0.15, -0.1) is 0 Å². The first-order valence-electron chi connectivity index (χ1n) is 8.41. The molecule has 0 aliphatic heterocycles. The van der Waals surface area contributed by atoms with E-state index in [1.807, 2.05) is 0 Å². The van der Waals surface area contributed by atoms with Gasteiger partial charge in [0.2, 0.25) is 0 Å². The number of carboxylic acid groups (broad SMARTS) is 1. The minimum absolute atomic E-state index is 0.000927. The number of aromatic nitrogens is 3. The molecule has 0 aliphatic carbocycles. The van der Waals surface area contributed by atoms with Gasteiger partial charge in [0.15, 0.2) is 5.65 Å². The number of imidazole rings is 1. The van der Waals surface area contributed by atoms with Crippen molar-refractivity contribution in [3.63, 3.8) is 0 Å². The van der Waals surface area contributed by atoms with E-state index in [4.69, 9.17) is 28.3 Å².